The number of thiophene rings is 1. The van der Waals surface area contributed by atoms with Crippen LogP contribution in [0.25, 0.3) is 0 Å². The highest BCUT2D eigenvalue weighted by Gasteiger charge is 2.26. The summed E-state index contributed by atoms with van der Waals surface area (Å²) in [5.74, 6) is -0.104. The molecule has 0 saturated heterocycles. The second-order valence-corrected chi connectivity index (χ2v) is 7.62. The predicted molar refractivity (Wildman–Crippen MR) is 90.7 cm³/mol. The highest BCUT2D eigenvalue weighted by Crippen LogP contribution is 2.29. The van der Waals surface area contributed by atoms with Crippen LogP contribution in [0.5, 0.6) is 0 Å². The van der Waals surface area contributed by atoms with Gasteiger partial charge in [-0.2, -0.15) is 5.10 Å². The lowest BCUT2D eigenvalue weighted by Gasteiger charge is -2.22. The van der Waals surface area contributed by atoms with Crippen LogP contribution in [0, 0.1) is 0 Å². The van der Waals surface area contributed by atoms with Gasteiger partial charge in [-0.15, -0.1) is 11.3 Å². The maximum atomic E-state index is 12.4. The maximum absolute atomic E-state index is 12.4. The minimum Gasteiger partial charge on any atom is -0.383 e. The van der Waals surface area contributed by atoms with E-state index in [0.717, 1.165) is 17.7 Å². The van der Waals surface area contributed by atoms with Crippen molar-refractivity contribution in [2.75, 3.05) is 6.54 Å². The molecule has 5 nitrogen and oxygen atoms in total. The van der Waals surface area contributed by atoms with Crippen LogP contribution in [0.2, 0.25) is 0 Å². The number of aliphatic hydroxyl groups is 1. The number of hydrogen-bond acceptors (Lipinski definition) is 4. The van der Waals surface area contributed by atoms with Crippen molar-refractivity contribution in [3.05, 3.63) is 39.3 Å². The topological polar surface area (TPSA) is 67.2 Å². The van der Waals surface area contributed by atoms with E-state index >= 15 is 0 Å². The number of carbonyl (C=O) groups is 1. The molecule has 1 atom stereocenters. The number of fused-ring (bicyclic) bond motifs is 1. The molecular formula is C17H23N3O2S. The lowest BCUT2D eigenvalue weighted by atomic mass is 10.00. The highest BCUT2D eigenvalue weighted by atomic mass is 32.1. The Balaban J connectivity index is 1.65. The Morgan fingerprint density at radius 2 is 2.22 bits per heavy atom. The molecule has 23 heavy (non-hydrogen) atoms. The van der Waals surface area contributed by atoms with E-state index in [9.17, 15) is 9.90 Å². The number of carbonyl (C=O) groups excluding carboxylic acids is 1. The molecule has 1 unspecified atom stereocenters. The van der Waals surface area contributed by atoms with Crippen LogP contribution in [0.3, 0.4) is 0 Å². The highest BCUT2D eigenvalue weighted by molar-refractivity contribution is 7.14. The minimum absolute atomic E-state index is 0.104. The van der Waals surface area contributed by atoms with Gasteiger partial charge in [0.1, 0.15) is 5.60 Å². The summed E-state index contributed by atoms with van der Waals surface area (Å²) in [6.45, 7) is 1.86. The number of rotatable bonds is 4. The second-order valence-electron chi connectivity index (χ2n) is 6.48. The van der Waals surface area contributed by atoms with E-state index in [0.29, 0.717) is 5.56 Å². The van der Waals surface area contributed by atoms with Gasteiger partial charge < -0.3 is 10.4 Å². The normalized spacial score (nSPS) is 17.2. The molecule has 0 saturated carbocycles. The van der Waals surface area contributed by atoms with Gasteiger partial charge in [0.2, 0.25) is 0 Å². The molecule has 3 rings (SSSR count). The van der Waals surface area contributed by atoms with E-state index in [1.807, 2.05) is 6.07 Å². The number of nitrogens with one attached hydrogen (secondary N) is 1. The smallest absolute Gasteiger partial charge is 0.261 e. The monoisotopic (exact) mass is 333 g/mol. The maximum Gasteiger partial charge on any atom is 0.261 e. The van der Waals surface area contributed by atoms with E-state index in [1.165, 1.54) is 29.7 Å². The van der Waals surface area contributed by atoms with Crippen molar-refractivity contribution >= 4 is 17.2 Å². The van der Waals surface area contributed by atoms with Gasteiger partial charge in [-0.25, -0.2) is 0 Å². The first-order chi connectivity index (χ1) is 11.0. The molecule has 1 amide bonds. The molecule has 1 aliphatic rings. The minimum atomic E-state index is -1.13. The van der Waals surface area contributed by atoms with Crippen LogP contribution in [0.4, 0.5) is 0 Å². The molecule has 0 fully saturated rings. The lowest BCUT2D eigenvalue weighted by Crippen LogP contribution is -2.38. The summed E-state index contributed by atoms with van der Waals surface area (Å²) in [5, 5.41) is 17.5. The van der Waals surface area contributed by atoms with Crippen LogP contribution in [-0.4, -0.2) is 27.3 Å². The van der Waals surface area contributed by atoms with Crippen molar-refractivity contribution in [2.24, 2.45) is 7.05 Å². The summed E-state index contributed by atoms with van der Waals surface area (Å²) in [4.78, 5) is 14.5. The molecule has 124 valence electrons. The van der Waals surface area contributed by atoms with Crippen LogP contribution in [0.15, 0.2) is 18.5 Å². The Bertz CT molecular complexity index is 679. The number of aromatic nitrogens is 2. The van der Waals surface area contributed by atoms with Crippen molar-refractivity contribution in [3.63, 3.8) is 0 Å². The van der Waals surface area contributed by atoms with Crippen LogP contribution in [0.1, 0.15) is 51.9 Å². The Labute approximate surface area is 140 Å². The molecule has 2 N–H and O–H groups in total. The fourth-order valence-electron chi connectivity index (χ4n) is 2.92. The molecule has 0 spiro atoms. The molecule has 6 heteroatoms. The predicted octanol–water partition coefficient (Wildman–Crippen LogP) is 2.39. The zero-order chi connectivity index (χ0) is 16.4. The first kappa shape index (κ1) is 16.2. The van der Waals surface area contributed by atoms with Crippen LogP contribution in [-0.2, 0) is 25.5 Å². The van der Waals surface area contributed by atoms with Crippen molar-refractivity contribution in [2.45, 2.75) is 44.6 Å². The summed E-state index contributed by atoms with van der Waals surface area (Å²) in [6, 6.07) is 2.03. The third kappa shape index (κ3) is 3.64. The van der Waals surface area contributed by atoms with Crippen molar-refractivity contribution in [1.82, 2.24) is 15.1 Å². The van der Waals surface area contributed by atoms with Gasteiger partial charge in [-0.3, -0.25) is 9.48 Å². The Kier molecular flexibility index (Phi) is 4.55. The standard InChI is InChI=1S/C17H23N3O2S/c1-17(22,13-9-19-20(2)10-13)11-18-16(21)15-8-12-6-4-3-5-7-14(12)23-15/h8-10,22H,3-7,11H2,1-2H3,(H,18,21). The number of nitrogens with zero attached hydrogens (tertiary/aromatic N) is 2. The fraction of sp³-hybridized carbons (Fsp3) is 0.529. The molecule has 2 aromatic heterocycles. The summed E-state index contributed by atoms with van der Waals surface area (Å²) < 4.78 is 1.64. The second kappa shape index (κ2) is 6.45. The van der Waals surface area contributed by atoms with E-state index < -0.39 is 5.60 Å². The lowest BCUT2D eigenvalue weighted by molar-refractivity contribution is 0.0527. The van der Waals surface area contributed by atoms with Gasteiger partial charge >= 0.3 is 0 Å². The first-order valence-electron chi connectivity index (χ1n) is 8.07. The summed E-state index contributed by atoms with van der Waals surface area (Å²) in [5.41, 5.74) is 0.900. The van der Waals surface area contributed by atoms with Gasteiger partial charge in [-0.05, 0) is 44.2 Å². The van der Waals surface area contributed by atoms with Crippen LogP contribution < -0.4 is 5.32 Å². The van der Waals surface area contributed by atoms with E-state index in [4.69, 9.17) is 0 Å². The van der Waals surface area contributed by atoms with E-state index in [2.05, 4.69) is 10.4 Å². The molecule has 2 aromatic rings. The Hall–Kier alpha value is -1.66. The molecular weight excluding hydrogens is 310 g/mol. The summed E-state index contributed by atoms with van der Waals surface area (Å²) >= 11 is 1.60. The largest absolute Gasteiger partial charge is 0.383 e. The third-order valence-corrected chi connectivity index (χ3v) is 5.63. The molecule has 0 bridgehead atoms. The Morgan fingerprint density at radius 1 is 1.43 bits per heavy atom. The van der Waals surface area contributed by atoms with Crippen molar-refractivity contribution in [3.8, 4) is 0 Å². The number of amides is 1. The van der Waals surface area contributed by atoms with Gasteiger partial charge in [0.25, 0.3) is 5.91 Å². The molecule has 1 aliphatic carbocycles. The van der Waals surface area contributed by atoms with Gasteiger partial charge in [0, 0.05) is 23.7 Å². The molecule has 0 aromatic carbocycles. The summed E-state index contributed by atoms with van der Waals surface area (Å²) in [6.07, 6.45) is 9.24. The first-order valence-corrected chi connectivity index (χ1v) is 8.89. The summed E-state index contributed by atoms with van der Waals surface area (Å²) in [7, 11) is 1.80. The molecule has 2 heterocycles. The van der Waals surface area contributed by atoms with Gasteiger partial charge in [-0.1, -0.05) is 6.42 Å². The van der Waals surface area contributed by atoms with Gasteiger partial charge in [0.05, 0.1) is 17.6 Å². The fourth-order valence-corrected chi connectivity index (χ4v) is 4.09. The number of hydrogen-bond donors (Lipinski definition) is 2. The molecule has 0 radical (unpaired) electrons. The van der Waals surface area contributed by atoms with Gasteiger partial charge in [0.15, 0.2) is 0 Å². The average molecular weight is 333 g/mol. The molecule has 0 aliphatic heterocycles. The average Bonchev–Trinajstić information content (AvgIpc) is 3.07. The SMILES string of the molecule is Cn1cc(C(C)(O)CNC(=O)c2cc3c(s2)CCCCC3)cn1. The van der Waals surface area contributed by atoms with E-state index in [1.54, 1.807) is 42.4 Å². The van der Waals surface area contributed by atoms with E-state index in [-0.39, 0.29) is 12.5 Å². The van der Waals surface area contributed by atoms with Crippen molar-refractivity contribution < 1.29 is 9.90 Å². The zero-order valence-electron chi connectivity index (χ0n) is 13.6. The quantitative estimate of drug-likeness (QED) is 0.844. The third-order valence-electron chi connectivity index (χ3n) is 4.39. The zero-order valence-corrected chi connectivity index (χ0v) is 14.4. The van der Waals surface area contributed by atoms with Crippen LogP contribution >= 0.6 is 11.3 Å². The Morgan fingerprint density at radius 3 is 2.96 bits per heavy atom. The number of aryl methyl sites for hydroxylation is 3. The van der Waals surface area contributed by atoms with Crippen molar-refractivity contribution in [1.29, 1.82) is 0 Å².